The highest BCUT2D eigenvalue weighted by Crippen LogP contribution is 2.38. The Morgan fingerprint density at radius 2 is 1.81 bits per heavy atom. The van der Waals surface area contributed by atoms with Crippen LogP contribution in [-0.2, 0) is 0 Å². The highest BCUT2D eigenvalue weighted by Gasteiger charge is 2.25. The lowest BCUT2D eigenvalue weighted by Crippen LogP contribution is -2.24. The molecule has 114 valence electrons. The van der Waals surface area contributed by atoms with Crippen molar-refractivity contribution in [2.45, 2.75) is 40.0 Å². The summed E-state index contributed by atoms with van der Waals surface area (Å²) in [5.74, 6) is 0.101. The maximum absolute atomic E-state index is 14.0. The second-order valence-electron chi connectivity index (χ2n) is 5.19. The van der Waals surface area contributed by atoms with E-state index >= 15 is 0 Å². The molecule has 1 nitrogen and oxygen atoms in total. The van der Waals surface area contributed by atoms with Crippen LogP contribution in [0.25, 0.3) is 0 Å². The molecule has 0 saturated heterocycles. The summed E-state index contributed by atoms with van der Waals surface area (Å²) < 4.78 is 14.0. The van der Waals surface area contributed by atoms with Gasteiger partial charge in [0.15, 0.2) is 0 Å². The van der Waals surface area contributed by atoms with E-state index in [1.807, 2.05) is 12.2 Å². The molecule has 1 rings (SSSR count). The average Bonchev–Trinajstić information content (AvgIpc) is 2.52. The van der Waals surface area contributed by atoms with Gasteiger partial charge in [0.1, 0.15) is 5.83 Å². The summed E-state index contributed by atoms with van der Waals surface area (Å²) in [6.07, 6.45) is 8.03. The average molecular weight is 287 g/mol. The molecule has 1 aliphatic carbocycles. The van der Waals surface area contributed by atoms with E-state index in [4.69, 9.17) is 0 Å². The van der Waals surface area contributed by atoms with E-state index in [9.17, 15) is 4.39 Å². The molecule has 0 heterocycles. The molecular weight excluding hydrogens is 261 g/mol. The van der Waals surface area contributed by atoms with Gasteiger partial charge in [-0.2, -0.15) is 0 Å². The van der Waals surface area contributed by atoms with Gasteiger partial charge in [-0.05, 0) is 54.1 Å². The molecule has 0 aliphatic heterocycles. The van der Waals surface area contributed by atoms with Crippen molar-refractivity contribution in [3.8, 4) is 0 Å². The third kappa shape index (κ3) is 3.84. The predicted molar refractivity (Wildman–Crippen MR) is 90.3 cm³/mol. The normalized spacial score (nSPS) is 16.4. The van der Waals surface area contributed by atoms with Gasteiger partial charge in [0.25, 0.3) is 0 Å². The van der Waals surface area contributed by atoms with Crippen molar-refractivity contribution >= 4 is 0 Å². The summed E-state index contributed by atoms with van der Waals surface area (Å²) in [6.45, 7) is 17.8. The largest absolute Gasteiger partial charge is 0.352 e. The number of rotatable bonds is 8. The Hall–Kier alpha value is -1.83. The summed E-state index contributed by atoms with van der Waals surface area (Å²) in [4.78, 5) is 0. The fraction of sp³-hybridized carbons (Fsp3) is 0.368. The number of halogens is 1. The van der Waals surface area contributed by atoms with Gasteiger partial charge < -0.3 is 5.32 Å². The smallest absolute Gasteiger partial charge is 0.146 e. The number of nitrogens with one attached hydrogen (secondary N) is 1. The lowest BCUT2D eigenvalue weighted by Gasteiger charge is -2.30. The second-order valence-corrected chi connectivity index (χ2v) is 5.19. The lowest BCUT2D eigenvalue weighted by atomic mass is 9.82. The zero-order valence-electron chi connectivity index (χ0n) is 13.4. The van der Waals surface area contributed by atoms with Gasteiger partial charge in [0.05, 0.1) is 5.70 Å². The summed E-state index contributed by atoms with van der Waals surface area (Å²) in [5, 5.41) is 3.15. The number of hydrogen-bond acceptors (Lipinski definition) is 1. The molecule has 1 aliphatic rings. The molecule has 0 atom stereocenters. The Kier molecular flexibility index (Phi) is 6.41. The van der Waals surface area contributed by atoms with Gasteiger partial charge in [-0.25, -0.2) is 4.39 Å². The maximum Gasteiger partial charge on any atom is 0.146 e. The number of allylic oxidation sites excluding steroid dienone is 6. The summed E-state index contributed by atoms with van der Waals surface area (Å²) in [6, 6.07) is 0. The third-order valence-corrected chi connectivity index (χ3v) is 3.97. The summed E-state index contributed by atoms with van der Waals surface area (Å²) >= 11 is 0. The van der Waals surface area contributed by atoms with Crippen LogP contribution in [0.5, 0.6) is 0 Å². The zero-order chi connectivity index (χ0) is 16.0. The Morgan fingerprint density at radius 1 is 1.19 bits per heavy atom. The van der Waals surface area contributed by atoms with Gasteiger partial charge in [-0.3, -0.25) is 0 Å². The van der Waals surface area contributed by atoms with Crippen LogP contribution in [0.1, 0.15) is 40.0 Å². The van der Waals surface area contributed by atoms with Crippen LogP contribution in [0, 0.1) is 5.92 Å². The van der Waals surface area contributed by atoms with Crippen molar-refractivity contribution in [2.24, 2.45) is 5.92 Å². The van der Waals surface area contributed by atoms with Gasteiger partial charge in [-0.1, -0.05) is 46.6 Å². The minimum absolute atomic E-state index is 0.356. The molecule has 21 heavy (non-hydrogen) atoms. The minimum Gasteiger partial charge on any atom is -0.352 e. The third-order valence-electron chi connectivity index (χ3n) is 3.97. The van der Waals surface area contributed by atoms with Crippen molar-refractivity contribution in [1.82, 2.24) is 5.32 Å². The van der Waals surface area contributed by atoms with Crippen molar-refractivity contribution in [2.75, 3.05) is 0 Å². The second kappa shape index (κ2) is 7.82. The van der Waals surface area contributed by atoms with Gasteiger partial charge >= 0.3 is 0 Å². The first-order valence-corrected chi connectivity index (χ1v) is 7.59. The van der Waals surface area contributed by atoms with Gasteiger partial charge in [0.2, 0.25) is 0 Å². The highest BCUT2D eigenvalue weighted by atomic mass is 19.1. The van der Waals surface area contributed by atoms with Gasteiger partial charge in [-0.15, -0.1) is 0 Å². The lowest BCUT2D eigenvalue weighted by molar-refractivity contribution is 0.603. The molecule has 0 spiro atoms. The van der Waals surface area contributed by atoms with E-state index in [1.165, 1.54) is 6.08 Å². The minimum atomic E-state index is -0.356. The van der Waals surface area contributed by atoms with Crippen LogP contribution in [0.4, 0.5) is 4.39 Å². The highest BCUT2D eigenvalue weighted by molar-refractivity contribution is 5.67. The Morgan fingerprint density at radius 3 is 2.29 bits per heavy atom. The topological polar surface area (TPSA) is 12.0 Å². The van der Waals surface area contributed by atoms with E-state index in [0.717, 1.165) is 41.7 Å². The van der Waals surface area contributed by atoms with Crippen LogP contribution in [-0.4, -0.2) is 0 Å². The Labute approximate surface area is 128 Å². The standard InChI is InChI=1S/C19H26FN/c1-7-15(8-2)11-12-18(17(20)10-4)21-19-14(6)13(5)16(19)9-3/h10-12,15,21H,4-9H2,1-3H3/b12-11?,18-17-. The molecule has 0 aromatic rings. The molecule has 0 saturated carbocycles. The maximum atomic E-state index is 14.0. The van der Waals surface area contributed by atoms with Crippen LogP contribution in [0.3, 0.4) is 0 Å². The van der Waals surface area contributed by atoms with E-state index in [-0.39, 0.29) is 5.83 Å². The van der Waals surface area contributed by atoms with Crippen LogP contribution < -0.4 is 5.32 Å². The molecular formula is C19H26FN. The first-order valence-electron chi connectivity index (χ1n) is 7.59. The van der Waals surface area contributed by atoms with E-state index in [0.29, 0.717) is 11.6 Å². The summed E-state index contributed by atoms with van der Waals surface area (Å²) in [7, 11) is 0. The summed E-state index contributed by atoms with van der Waals surface area (Å²) in [5.41, 5.74) is 4.26. The number of hydrogen-bond donors (Lipinski definition) is 1. The van der Waals surface area contributed by atoms with Crippen molar-refractivity contribution in [1.29, 1.82) is 0 Å². The van der Waals surface area contributed by atoms with Crippen molar-refractivity contribution in [3.63, 3.8) is 0 Å². The molecule has 0 radical (unpaired) electrons. The van der Waals surface area contributed by atoms with Gasteiger partial charge in [0, 0.05) is 5.70 Å². The van der Waals surface area contributed by atoms with E-state index in [1.54, 1.807) is 0 Å². The fourth-order valence-corrected chi connectivity index (χ4v) is 2.36. The molecule has 0 fully saturated rings. The predicted octanol–water partition coefficient (Wildman–Crippen LogP) is 5.73. The van der Waals surface area contributed by atoms with E-state index in [2.05, 4.69) is 45.8 Å². The monoisotopic (exact) mass is 287 g/mol. The SMILES string of the molecule is C=C/C(F)=C(\C=CC(CC)CC)NC1=C(CC)C(=C)C1=C. The van der Waals surface area contributed by atoms with Crippen LogP contribution >= 0.6 is 0 Å². The Balaban J connectivity index is 3.03. The molecule has 0 amide bonds. The molecule has 0 aromatic carbocycles. The molecule has 0 bridgehead atoms. The quantitative estimate of drug-likeness (QED) is 0.562. The van der Waals surface area contributed by atoms with Crippen molar-refractivity contribution < 1.29 is 4.39 Å². The fourth-order valence-electron chi connectivity index (χ4n) is 2.36. The van der Waals surface area contributed by atoms with Crippen LogP contribution in [0.15, 0.2) is 71.9 Å². The molecule has 0 aromatic heterocycles. The molecule has 1 N–H and O–H groups in total. The van der Waals surface area contributed by atoms with Crippen molar-refractivity contribution in [3.05, 3.63) is 71.9 Å². The first-order chi connectivity index (χ1) is 9.99. The Bertz CT molecular complexity index is 528. The molecule has 0 unspecified atom stereocenters. The first kappa shape index (κ1) is 17.2. The molecule has 2 heteroatoms. The zero-order valence-corrected chi connectivity index (χ0v) is 13.4. The van der Waals surface area contributed by atoms with E-state index < -0.39 is 0 Å². The van der Waals surface area contributed by atoms with Crippen LogP contribution in [0.2, 0.25) is 0 Å².